The summed E-state index contributed by atoms with van der Waals surface area (Å²) < 4.78 is 5.13. The summed E-state index contributed by atoms with van der Waals surface area (Å²) in [5.41, 5.74) is 0.131. The van der Waals surface area contributed by atoms with Crippen LogP contribution in [0.4, 0.5) is 0 Å². The maximum atomic E-state index is 11.4. The molecule has 0 N–H and O–H groups in total. The smallest absolute Gasteiger partial charge is 0.336 e. The zero-order valence-electron chi connectivity index (χ0n) is 6.86. The number of hydrogen-bond acceptors (Lipinski definition) is 4. The van der Waals surface area contributed by atoms with Gasteiger partial charge in [-0.15, -0.1) is 0 Å². The summed E-state index contributed by atoms with van der Waals surface area (Å²) in [6.07, 6.45) is 1.41. The lowest BCUT2D eigenvalue weighted by atomic mass is 10.1. The molecule has 0 atom stereocenters. The third-order valence-corrected chi connectivity index (χ3v) is 2.49. The normalized spacial score (nSPS) is 10.4. The van der Waals surface area contributed by atoms with Crippen molar-refractivity contribution in [1.29, 1.82) is 0 Å². The van der Waals surface area contributed by atoms with Crippen LogP contribution in [0.2, 0.25) is 0 Å². The van der Waals surface area contributed by atoms with Crippen molar-refractivity contribution in [2.45, 2.75) is 0 Å². The van der Waals surface area contributed by atoms with Crippen molar-refractivity contribution in [2.75, 3.05) is 0 Å². The van der Waals surface area contributed by atoms with Gasteiger partial charge in [-0.05, 0) is 17.7 Å². The standard InChI is InChI=1S/C9H4INO3/c10-8-7-5(1-2-6(12)14-8)3-4-11-9(7)13/h1-4H. The highest BCUT2D eigenvalue weighted by Gasteiger charge is 2.10. The van der Waals surface area contributed by atoms with Gasteiger partial charge in [0.25, 0.3) is 5.56 Å². The fourth-order valence-corrected chi connectivity index (χ4v) is 1.88. The molecule has 14 heavy (non-hydrogen) atoms. The molecule has 0 saturated carbocycles. The molecule has 0 amide bonds. The molecule has 70 valence electrons. The van der Waals surface area contributed by atoms with Crippen molar-refractivity contribution in [3.8, 4) is 11.1 Å². The Labute approximate surface area is 92.1 Å². The average molecular weight is 301 g/mol. The SMILES string of the molecule is O=c1ccc2ccnc(=O)c-2c(I)o1. The van der Waals surface area contributed by atoms with E-state index in [9.17, 15) is 9.59 Å². The van der Waals surface area contributed by atoms with E-state index in [4.69, 9.17) is 4.42 Å². The maximum Gasteiger partial charge on any atom is 0.336 e. The van der Waals surface area contributed by atoms with Gasteiger partial charge in [-0.25, -0.2) is 9.78 Å². The van der Waals surface area contributed by atoms with E-state index >= 15 is 0 Å². The first kappa shape index (κ1) is 9.32. The van der Waals surface area contributed by atoms with Crippen LogP contribution in [0.25, 0.3) is 11.1 Å². The minimum atomic E-state index is -0.481. The van der Waals surface area contributed by atoms with E-state index in [1.807, 2.05) is 22.6 Å². The Morgan fingerprint density at radius 3 is 2.79 bits per heavy atom. The largest absolute Gasteiger partial charge is 0.416 e. The molecule has 2 heterocycles. The van der Waals surface area contributed by atoms with Gasteiger partial charge < -0.3 is 4.42 Å². The summed E-state index contributed by atoms with van der Waals surface area (Å²) >= 11 is 1.81. The topological polar surface area (TPSA) is 60.2 Å². The molecule has 2 rings (SSSR count). The Morgan fingerprint density at radius 1 is 1.21 bits per heavy atom. The summed E-state index contributed by atoms with van der Waals surface area (Å²) in [6.45, 7) is 0. The molecular weight excluding hydrogens is 297 g/mol. The summed E-state index contributed by atoms with van der Waals surface area (Å²) in [6, 6.07) is 4.49. The molecule has 0 fully saturated rings. The summed E-state index contributed by atoms with van der Waals surface area (Å²) in [5.74, 6) is 0. The first-order valence-electron chi connectivity index (χ1n) is 3.77. The Hall–Kier alpha value is -1.24. The van der Waals surface area contributed by atoms with E-state index in [0.717, 1.165) is 0 Å². The molecule has 4 nitrogen and oxygen atoms in total. The van der Waals surface area contributed by atoms with Crippen LogP contribution in [0.5, 0.6) is 0 Å². The monoisotopic (exact) mass is 301 g/mol. The molecule has 0 bridgehead atoms. The first-order chi connectivity index (χ1) is 6.68. The van der Waals surface area contributed by atoms with E-state index < -0.39 is 5.63 Å². The molecule has 0 unspecified atom stereocenters. The Balaban J connectivity index is 3.02. The molecule has 5 heteroatoms. The minimum Gasteiger partial charge on any atom is -0.416 e. The predicted octanol–water partition coefficient (Wildman–Crippen LogP) is 1.10. The van der Waals surface area contributed by atoms with Crippen LogP contribution in [-0.4, -0.2) is 4.98 Å². The van der Waals surface area contributed by atoms with E-state index in [-0.39, 0.29) is 9.33 Å². The highest BCUT2D eigenvalue weighted by Crippen LogP contribution is 2.19. The number of nitrogens with zero attached hydrogens (tertiary/aromatic N) is 1. The van der Waals surface area contributed by atoms with Crippen molar-refractivity contribution in [1.82, 2.24) is 4.98 Å². The second kappa shape index (κ2) is 3.49. The lowest BCUT2D eigenvalue weighted by Crippen LogP contribution is -2.09. The lowest BCUT2D eigenvalue weighted by Gasteiger charge is -1.96. The number of halogens is 1. The zero-order valence-corrected chi connectivity index (χ0v) is 9.02. The molecular formula is C9H4INO3. The van der Waals surface area contributed by atoms with Crippen LogP contribution >= 0.6 is 22.6 Å². The average Bonchev–Trinajstić information content (AvgIpc) is 2.27. The fraction of sp³-hybridized carbons (Fsp3) is 0. The van der Waals surface area contributed by atoms with Crippen molar-refractivity contribution in [3.05, 3.63) is 48.9 Å². The van der Waals surface area contributed by atoms with E-state index in [1.54, 1.807) is 12.1 Å². The van der Waals surface area contributed by atoms with Crippen LogP contribution in [0, 0.1) is 3.77 Å². The number of pyridine rings is 1. The predicted molar refractivity (Wildman–Crippen MR) is 58.4 cm³/mol. The van der Waals surface area contributed by atoms with E-state index in [2.05, 4.69) is 4.98 Å². The molecule has 2 aliphatic rings. The van der Waals surface area contributed by atoms with Gasteiger partial charge in [0.1, 0.15) is 0 Å². The van der Waals surface area contributed by atoms with Gasteiger partial charge in [0.15, 0.2) is 3.77 Å². The quantitative estimate of drug-likeness (QED) is 0.684. The fourth-order valence-electron chi connectivity index (χ4n) is 1.12. The van der Waals surface area contributed by atoms with Crippen molar-refractivity contribution < 1.29 is 4.42 Å². The van der Waals surface area contributed by atoms with Crippen molar-refractivity contribution in [2.24, 2.45) is 0 Å². The maximum absolute atomic E-state index is 11.4. The second-order valence-corrected chi connectivity index (χ2v) is 3.59. The van der Waals surface area contributed by atoms with Gasteiger partial charge in [0.05, 0.1) is 5.56 Å². The summed E-state index contributed by atoms with van der Waals surface area (Å²) in [4.78, 5) is 26.0. The minimum absolute atomic E-state index is 0.269. The highest BCUT2D eigenvalue weighted by molar-refractivity contribution is 14.1. The van der Waals surface area contributed by atoms with E-state index in [0.29, 0.717) is 11.1 Å². The Morgan fingerprint density at radius 2 is 2.00 bits per heavy atom. The molecule has 0 aromatic heterocycles. The van der Waals surface area contributed by atoms with Gasteiger partial charge in [-0.1, -0.05) is 0 Å². The molecule has 0 radical (unpaired) electrons. The summed E-state index contributed by atoms with van der Waals surface area (Å²) in [7, 11) is 0. The third kappa shape index (κ3) is 1.54. The lowest BCUT2D eigenvalue weighted by molar-refractivity contribution is 0.489. The van der Waals surface area contributed by atoms with E-state index in [1.165, 1.54) is 12.3 Å². The number of fused-ring (bicyclic) bond motifs is 1. The van der Waals surface area contributed by atoms with Gasteiger partial charge in [0.2, 0.25) is 0 Å². The Kier molecular flexibility index (Phi) is 2.32. The molecule has 2 aliphatic heterocycles. The van der Waals surface area contributed by atoms with Gasteiger partial charge >= 0.3 is 5.63 Å². The Bertz CT molecular complexity index is 564. The molecule has 0 saturated heterocycles. The first-order valence-corrected chi connectivity index (χ1v) is 4.85. The van der Waals surface area contributed by atoms with Crippen LogP contribution in [0.15, 0.2) is 38.4 Å². The molecule has 0 spiro atoms. The number of aromatic nitrogens is 1. The van der Waals surface area contributed by atoms with Crippen LogP contribution in [0.3, 0.4) is 0 Å². The van der Waals surface area contributed by atoms with Crippen LogP contribution in [0.1, 0.15) is 0 Å². The van der Waals surface area contributed by atoms with Crippen molar-refractivity contribution >= 4 is 22.6 Å². The van der Waals surface area contributed by atoms with Crippen molar-refractivity contribution in [3.63, 3.8) is 0 Å². The third-order valence-electron chi connectivity index (χ3n) is 1.73. The molecule has 0 aliphatic carbocycles. The summed E-state index contributed by atoms with van der Waals surface area (Å²) in [5, 5.41) is 0. The zero-order chi connectivity index (χ0) is 10.1. The highest BCUT2D eigenvalue weighted by atomic mass is 127. The molecule has 0 aromatic rings. The van der Waals surface area contributed by atoms with Crippen LogP contribution in [-0.2, 0) is 0 Å². The van der Waals surface area contributed by atoms with Gasteiger partial charge in [-0.3, -0.25) is 4.79 Å². The number of rotatable bonds is 0. The van der Waals surface area contributed by atoms with Gasteiger partial charge in [0, 0.05) is 34.9 Å². The second-order valence-electron chi connectivity index (χ2n) is 2.61. The van der Waals surface area contributed by atoms with Crippen LogP contribution < -0.4 is 11.2 Å². The molecule has 0 aromatic carbocycles. The van der Waals surface area contributed by atoms with Gasteiger partial charge in [-0.2, -0.15) is 0 Å². The number of hydrogen-bond donors (Lipinski definition) is 0.